The first kappa shape index (κ1) is 14.5. The van der Waals surface area contributed by atoms with Gasteiger partial charge >= 0.3 is 0 Å². The molecule has 0 amide bonds. The first-order chi connectivity index (χ1) is 11.8. The van der Waals surface area contributed by atoms with E-state index in [0.29, 0.717) is 0 Å². The Morgan fingerprint density at radius 2 is 0.880 bits per heavy atom. The average molecular weight is 352 g/mol. The van der Waals surface area contributed by atoms with E-state index in [1.165, 1.54) is 0 Å². The van der Waals surface area contributed by atoms with Crippen molar-refractivity contribution in [2.24, 2.45) is 0 Å². The number of rotatable bonds is 0. The van der Waals surface area contributed by atoms with Crippen molar-refractivity contribution in [1.29, 1.82) is 0 Å². The highest BCUT2D eigenvalue weighted by Crippen LogP contribution is 2.46. The summed E-state index contributed by atoms with van der Waals surface area (Å²) in [7, 11) is 0. The number of hydrogen-bond donors (Lipinski definition) is 0. The van der Waals surface area contributed by atoms with Crippen LogP contribution in [-0.2, 0) is 0 Å². The van der Waals surface area contributed by atoms with Gasteiger partial charge in [0.2, 0.25) is 0 Å². The molecule has 0 aromatic heterocycles. The predicted molar refractivity (Wildman–Crippen MR) is 79.3 cm³/mol. The number of hydrogen-bond acceptors (Lipinski definition) is 0. The third-order valence-electron chi connectivity index (χ3n) is 4.81. The Balaban J connectivity index is 2.34. The molecule has 0 fully saturated rings. The molecule has 5 rings (SSSR count). The van der Waals surface area contributed by atoms with Crippen molar-refractivity contribution in [3.8, 4) is 0 Å². The van der Waals surface area contributed by atoms with Crippen molar-refractivity contribution in [2.75, 3.05) is 0 Å². The topological polar surface area (TPSA) is 0 Å². The van der Waals surface area contributed by atoms with Crippen LogP contribution in [0.15, 0.2) is 6.07 Å². The van der Waals surface area contributed by atoms with E-state index in [2.05, 4.69) is 6.58 Å². The van der Waals surface area contributed by atoms with Crippen molar-refractivity contribution < 1.29 is 30.7 Å². The molecule has 0 heterocycles. The zero-order valence-corrected chi connectivity index (χ0v) is 11.9. The predicted octanol–water partition coefficient (Wildman–Crippen LogP) is 5.28. The Kier molecular flexibility index (Phi) is 2.34. The molecular weight excluding hydrogens is 349 g/mol. The molecule has 0 aliphatic carbocycles. The van der Waals surface area contributed by atoms with Crippen molar-refractivity contribution in [3.63, 3.8) is 0 Å². The lowest BCUT2D eigenvalue weighted by atomic mass is 9.84. The van der Waals surface area contributed by atoms with Crippen LogP contribution in [0.2, 0.25) is 0 Å². The fourth-order valence-electron chi connectivity index (χ4n) is 3.72. The van der Waals surface area contributed by atoms with Crippen LogP contribution in [0.25, 0.3) is 49.7 Å². The molecule has 0 aliphatic heterocycles. The summed E-state index contributed by atoms with van der Waals surface area (Å²) in [6.45, 7) is 3.53. The monoisotopic (exact) mass is 352 g/mol. The lowest BCUT2D eigenvalue weighted by Crippen LogP contribution is -2.15. The van der Waals surface area contributed by atoms with E-state index in [4.69, 9.17) is 0 Å². The van der Waals surface area contributed by atoms with Gasteiger partial charge in [0.1, 0.15) is 0 Å². The lowest BCUT2D eigenvalue weighted by molar-refractivity contribution is 0.453. The van der Waals surface area contributed by atoms with Crippen LogP contribution >= 0.6 is 0 Å². The van der Waals surface area contributed by atoms with Gasteiger partial charge in [-0.05, 0) is 16.7 Å². The standard InChI is InChI=1S/C18H3F7/c1-3-4-2-5-8-9-7(4)6(3)13(20)15(22)11(9)16(23)14(21)10(8)17(24)18(25)12(5)19/h2H,1H2. The van der Waals surface area contributed by atoms with Crippen molar-refractivity contribution in [3.05, 3.63) is 52.0 Å². The van der Waals surface area contributed by atoms with Gasteiger partial charge < -0.3 is 0 Å². The largest absolute Gasteiger partial charge is 0.203 e. The fraction of sp³-hybridized carbons (Fsp3) is 0. The minimum atomic E-state index is -1.98. The summed E-state index contributed by atoms with van der Waals surface area (Å²) in [6, 6.07) is 1.05. The van der Waals surface area contributed by atoms with Crippen molar-refractivity contribution >= 4 is 49.7 Å². The Morgan fingerprint density at radius 1 is 0.440 bits per heavy atom. The number of halogens is 7. The van der Waals surface area contributed by atoms with Gasteiger partial charge in [0, 0.05) is 26.9 Å². The van der Waals surface area contributed by atoms with Crippen LogP contribution in [0.1, 0.15) is 0 Å². The van der Waals surface area contributed by atoms with Crippen LogP contribution in [-0.4, -0.2) is 0 Å². The smallest absolute Gasteiger partial charge is 0.195 e. The van der Waals surface area contributed by atoms with Crippen LogP contribution in [0, 0.1) is 40.7 Å². The zero-order chi connectivity index (χ0) is 17.9. The van der Waals surface area contributed by atoms with E-state index >= 15 is 0 Å². The Labute approximate surface area is 133 Å². The highest BCUT2D eigenvalue weighted by Gasteiger charge is 2.32. The lowest BCUT2D eigenvalue weighted by Gasteiger charge is -2.21. The molecule has 5 aromatic rings. The van der Waals surface area contributed by atoms with Crippen molar-refractivity contribution in [2.45, 2.75) is 0 Å². The third-order valence-corrected chi connectivity index (χ3v) is 4.81. The second-order valence-electron chi connectivity index (χ2n) is 5.90. The van der Waals surface area contributed by atoms with E-state index in [1.807, 2.05) is 0 Å². The van der Waals surface area contributed by atoms with Gasteiger partial charge in [-0.1, -0.05) is 6.58 Å². The molecule has 0 bridgehead atoms. The van der Waals surface area contributed by atoms with Gasteiger partial charge in [-0.15, -0.1) is 0 Å². The third kappa shape index (κ3) is 1.31. The maximum atomic E-state index is 14.4. The van der Waals surface area contributed by atoms with Gasteiger partial charge in [-0.25, -0.2) is 30.7 Å². The molecule has 0 N–H and O–H groups in total. The second-order valence-corrected chi connectivity index (χ2v) is 5.90. The summed E-state index contributed by atoms with van der Waals surface area (Å²) >= 11 is 0. The SMILES string of the molecule is C=c1c2cc3c(F)c(F)c(F)c4c(F)c(F)c5c(F)c(F)c1c2c5c34. The quantitative estimate of drug-likeness (QED) is 0.202. The molecule has 0 radical (unpaired) electrons. The first-order valence-corrected chi connectivity index (χ1v) is 7.00. The highest BCUT2D eigenvalue weighted by molar-refractivity contribution is 6.34. The van der Waals surface area contributed by atoms with Gasteiger partial charge in [0.15, 0.2) is 40.7 Å². The Morgan fingerprint density at radius 3 is 1.48 bits per heavy atom. The van der Waals surface area contributed by atoms with Gasteiger partial charge in [-0.2, -0.15) is 0 Å². The summed E-state index contributed by atoms with van der Waals surface area (Å²) in [5.74, 6) is -12.4. The molecule has 0 unspecified atom stereocenters. The van der Waals surface area contributed by atoms with E-state index in [-0.39, 0.29) is 26.8 Å². The maximum Gasteiger partial charge on any atom is 0.195 e. The van der Waals surface area contributed by atoms with Crippen LogP contribution in [0.4, 0.5) is 30.7 Å². The maximum absolute atomic E-state index is 14.4. The molecule has 0 saturated carbocycles. The zero-order valence-electron chi connectivity index (χ0n) is 11.9. The molecule has 0 spiro atoms. The molecule has 0 nitrogen and oxygen atoms in total. The summed E-state index contributed by atoms with van der Waals surface area (Å²) in [4.78, 5) is 0. The molecular formula is C18H3F7. The summed E-state index contributed by atoms with van der Waals surface area (Å²) < 4.78 is 99.3. The summed E-state index contributed by atoms with van der Waals surface area (Å²) in [6.07, 6.45) is 0. The Bertz CT molecular complexity index is 1420. The average Bonchev–Trinajstić information content (AvgIpc) is 2.58. The van der Waals surface area contributed by atoms with E-state index < -0.39 is 62.3 Å². The highest BCUT2D eigenvalue weighted by atomic mass is 19.2. The van der Waals surface area contributed by atoms with Crippen LogP contribution < -0.4 is 5.22 Å². The molecule has 25 heavy (non-hydrogen) atoms. The second kappa shape index (κ2) is 4.04. The van der Waals surface area contributed by atoms with E-state index in [0.717, 1.165) is 6.07 Å². The molecule has 5 aromatic carbocycles. The normalized spacial score (nSPS) is 12.8. The van der Waals surface area contributed by atoms with E-state index in [1.54, 1.807) is 0 Å². The van der Waals surface area contributed by atoms with Crippen LogP contribution in [0.3, 0.4) is 0 Å². The van der Waals surface area contributed by atoms with Crippen LogP contribution in [0.5, 0.6) is 0 Å². The molecule has 7 heteroatoms. The summed E-state index contributed by atoms with van der Waals surface area (Å²) in [5, 5.41) is -3.80. The number of benzene rings is 4. The molecule has 0 aliphatic rings. The van der Waals surface area contributed by atoms with Gasteiger partial charge in [-0.3, -0.25) is 0 Å². The minimum Gasteiger partial charge on any atom is -0.203 e. The van der Waals surface area contributed by atoms with E-state index in [9.17, 15) is 30.7 Å². The summed E-state index contributed by atoms with van der Waals surface area (Å²) in [5.41, 5.74) is 0. The molecule has 0 atom stereocenters. The fourth-order valence-corrected chi connectivity index (χ4v) is 3.72. The minimum absolute atomic E-state index is 0.0132. The Hall–Kier alpha value is -2.83. The van der Waals surface area contributed by atoms with Gasteiger partial charge in [0.05, 0.1) is 10.8 Å². The van der Waals surface area contributed by atoms with Gasteiger partial charge in [0.25, 0.3) is 0 Å². The molecule has 124 valence electrons. The first-order valence-electron chi connectivity index (χ1n) is 7.00. The van der Waals surface area contributed by atoms with Crippen molar-refractivity contribution in [1.82, 2.24) is 0 Å². The molecule has 0 saturated heterocycles.